The summed E-state index contributed by atoms with van der Waals surface area (Å²) < 4.78 is 23.2. The minimum absolute atomic E-state index is 0.0214. The lowest BCUT2D eigenvalue weighted by Gasteiger charge is -2.32. The maximum atomic E-state index is 12.3. The van der Waals surface area contributed by atoms with E-state index in [0.29, 0.717) is 43.2 Å². The van der Waals surface area contributed by atoms with Crippen LogP contribution in [0.4, 0.5) is 11.5 Å². The number of carbonyl (C=O) groups excluding carboxylic acids is 1. The van der Waals surface area contributed by atoms with Crippen LogP contribution in [0.5, 0.6) is 0 Å². The molecule has 7 nitrogen and oxygen atoms in total. The van der Waals surface area contributed by atoms with Crippen molar-refractivity contribution in [3.8, 4) is 0 Å². The second-order valence-corrected chi connectivity index (χ2v) is 8.81. The van der Waals surface area contributed by atoms with Crippen molar-refractivity contribution in [3.05, 3.63) is 24.3 Å². The maximum absolute atomic E-state index is 12.3. The first kappa shape index (κ1) is 17.1. The number of anilines is 2. The molecule has 1 saturated heterocycles. The molecule has 1 atom stereocenters. The molecule has 0 spiro atoms. The Bertz CT molecular complexity index is 965. The average molecular weight is 386 g/mol. The molecule has 8 heteroatoms. The first-order chi connectivity index (χ1) is 13.0. The monoisotopic (exact) mass is 386 g/mol. The quantitative estimate of drug-likeness (QED) is 0.776. The van der Waals surface area contributed by atoms with Crippen molar-refractivity contribution >= 4 is 39.4 Å². The smallest absolute Gasteiger partial charge is 0.232 e. The lowest BCUT2D eigenvalue weighted by molar-refractivity contribution is -0.119. The minimum Gasteiger partial charge on any atom is -0.768 e. The fourth-order valence-corrected chi connectivity index (χ4v) is 4.45. The zero-order valence-corrected chi connectivity index (χ0v) is 15.5. The average Bonchev–Trinajstić information content (AvgIpc) is 3.51. The summed E-state index contributed by atoms with van der Waals surface area (Å²) in [4.78, 5) is 19.1. The summed E-state index contributed by atoms with van der Waals surface area (Å²) >= 11 is -2.37. The van der Waals surface area contributed by atoms with Crippen LogP contribution in [0.15, 0.2) is 29.2 Å². The lowest BCUT2D eigenvalue weighted by Crippen LogP contribution is -2.36. The Morgan fingerprint density at radius 1 is 1.30 bits per heavy atom. The predicted octanol–water partition coefficient (Wildman–Crippen LogP) is 1.78. The van der Waals surface area contributed by atoms with E-state index >= 15 is 0 Å². The number of amides is 1. The predicted molar refractivity (Wildman–Crippen MR) is 100 cm³/mol. The molecule has 0 radical (unpaired) electrons. The van der Waals surface area contributed by atoms with E-state index in [1.54, 1.807) is 12.1 Å². The molecule has 0 bridgehead atoms. The van der Waals surface area contributed by atoms with Crippen LogP contribution in [0.1, 0.15) is 25.7 Å². The molecule has 2 aliphatic carbocycles. The first-order valence-corrected chi connectivity index (χ1v) is 10.3. The van der Waals surface area contributed by atoms with Gasteiger partial charge in [-0.3, -0.25) is 9.00 Å². The Labute approximate surface area is 159 Å². The van der Waals surface area contributed by atoms with Gasteiger partial charge in [-0.2, -0.15) is 0 Å². The van der Waals surface area contributed by atoms with Crippen LogP contribution in [0.2, 0.25) is 0 Å². The standard InChI is InChI=1S/C19H21N3O4S/c23-12-3-5-22(6-4-12)16-8-13(27(25)26)7-15-14(16)1-2-17(20-15)21-18(24)19-9-11(19)10-19/h1-2,7-8,11-12,23H,3-6,9-10H2,(H,25,26)(H,20,21,24)/p-1. The Hall–Kier alpha value is -2.03. The summed E-state index contributed by atoms with van der Waals surface area (Å²) in [6.07, 6.45) is 2.93. The molecule has 1 aromatic carbocycles. The third kappa shape index (κ3) is 2.92. The number of benzene rings is 1. The zero-order chi connectivity index (χ0) is 18.8. The molecule has 2 N–H and O–H groups in total. The fraction of sp³-hybridized carbons (Fsp3) is 0.474. The van der Waals surface area contributed by atoms with Crippen LogP contribution in [0.25, 0.3) is 10.9 Å². The molecule has 1 aromatic heterocycles. The number of nitrogens with one attached hydrogen (secondary N) is 1. The molecule has 3 aliphatic rings. The van der Waals surface area contributed by atoms with Crippen molar-refractivity contribution in [1.29, 1.82) is 0 Å². The SMILES string of the molecule is O=C(Nc1ccc2c(N3CCC(O)CC3)cc(S(=O)[O-])cc2n1)C12CC1C2. The number of pyridine rings is 1. The molecule has 1 unspecified atom stereocenters. The van der Waals surface area contributed by atoms with E-state index in [1.165, 1.54) is 6.07 Å². The normalized spacial score (nSPS) is 27.9. The molecule has 27 heavy (non-hydrogen) atoms. The van der Waals surface area contributed by atoms with E-state index in [2.05, 4.69) is 15.2 Å². The first-order valence-electron chi connectivity index (χ1n) is 9.25. The molecule has 142 valence electrons. The number of fused-ring (bicyclic) bond motifs is 2. The molecule has 2 aromatic rings. The van der Waals surface area contributed by atoms with Gasteiger partial charge in [-0.15, -0.1) is 0 Å². The molecule has 3 fully saturated rings. The Balaban J connectivity index is 1.51. The van der Waals surface area contributed by atoms with E-state index < -0.39 is 11.1 Å². The molecule has 2 saturated carbocycles. The summed E-state index contributed by atoms with van der Waals surface area (Å²) in [6, 6.07) is 6.84. The minimum atomic E-state index is -2.37. The van der Waals surface area contributed by atoms with Gasteiger partial charge in [-0.1, -0.05) is 0 Å². The number of aromatic nitrogens is 1. The second kappa shape index (κ2) is 5.98. The summed E-state index contributed by atoms with van der Waals surface area (Å²) in [6.45, 7) is 1.32. The van der Waals surface area contributed by atoms with E-state index in [-0.39, 0.29) is 22.3 Å². The third-order valence-electron chi connectivity index (χ3n) is 6.13. The van der Waals surface area contributed by atoms with E-state index in [9.17, 15) is 18.7 Å². The van der Waals surface area contributed by atoms with Gasteiger partial charge in [0.2, 0.25) is 5.91 Å². The summed E-state index contributed by atoms with van der Waals surface area (Å²) in [5.41, 5.74) is 1.19. The molecule has 5 rings (SSSR count). The highest BCUT2D eigenvalue weighted by Gasteiger charge is 2.74. The van der Waals surface area contributed by atoms with E-state index in [1.807, 2.05) is 6.07 Å². The number of aliphatic hydroxyl groups excluding tert-OH is 1. The van der Waals surface area contributed by atoms with Gasteiger partial charge in [0, 0.05) is 29.1 Å². The van der Waals surface area contributed by atoms with Crippen molar-refractivity contribution in [3.63, 3.8) is 0 Å². The van der Waals surface area contributed by atoms with Crippen molar-refractivity contribution < 1.29 is 18.7 Å². The Kier molecular flexibility index (Phi) is 3.79. The number of hydrogen-bond acceptors (Lipinski definition) is 6. The Morgan fingerprint density at radius 2 is 2.00 bits per heavy atom. The fourth-order valence-electron chi connectivity index (χ4n) is 4.04. The van der Waals surface area contributed by atoms with Crippen molar-refractivity contribution in [2.75, 3.05) is 23.3 Å². The van der Waals surface area contributed by atoms with Gasteiger partial charge in [-0.05, 0) is 66.9 Å². The van der Waals surface area contributed by atoms with Crippen LogP contribution in [-0.2, 0) is 15.9 Å². The molecular formula is C19H20N3O4S-. The number of piperidine rings is 1. The van der Waals surface area contributed by atoms with Gasteiger partial charge < -0.3 is 19.9 Å². The van der Waals surface area contributed by atoms with Gasteiger partial charge in [0.25, 0.3) is 0 Å². The number of hydrogen-bond donors (Lipinski definition) is 2. The zero-order valence-electron chi connectivity index (χ0n) is 14.7. The lowest BCUT2D eigenvalue weighted by atomic mass is 10.1. The van der Waals surface area contributed by atoms with Crippen LogP contribution >= 0.6 is 0 Å². The highest BCUT2D eigenvalue weighted by molar-refractivity contribution is 7.79. The topological polar surface area (TPSA) is 106 Å². The van der Waals surface area contributed by atoms with Crippen molar-refractivity contribution in [2.24, 2.45) is 11.3 Å². The van der Waals surface area contributed by atoms with E-state index in [0.717, 1.165) is 23.9 Å². The molecule has 1 amide bonds. The van der Waals surface area contributed by atoms with Crippen molar-refractivity contribution in [1.82, 2.24) is 4.98 Å². The van der Waals surface area contributed by atoms with Gasteiger partial charge in [0.1, 0.15) is 5.82 Å². The molecular weight excluding hydrogens is 366 g/mol. The number of nitrogens with zero attached hydrogens (tertiary/aromatic N) is 2. The van der Waals surface area contributed by atoms with Crippen molar-refractivity contribution in [2.45, 2.75) is 36.7 Å². The Morgan fingerprint density at radius 3 is 2.63 bits per heavy atom. The molecule has 2 heterocycles. The van der Waals surface area contributed by atoms with E-state index in [4.69, 9.17) is 0 Å². The second-order valence-electron chi connectivity index (χ2n) is 7.87. The van der Waals surface area contributed by atoms with Gasteiger partial charge >= 0.3 is 0 Å². The van der Waals surface area contributed by atoms with Gasteiger partial charge in [0.05, 0.1) is 17.0 Å². The van der Waals surface area contributed by atoms with Gasteiger partial charge in [0.15, 0.2) is 0 Å². The number of carbonyl (C=O) groups is 1. The summed E-state index contributed by atoms with van der Waals surface area (Å²) in [5, 5.41) is 13.5. The van der Waals surface area contributed by atoms with Crippen LogP contribution < -0.4 is 10.2 Å². The third-order valence-corrected chi connectivity index (χ3v) is 6.75. The maximum Gasteiger partial charge on any atom is 0.232 e. The number of rotatable bonds is 4. The van der Waals surface area contributed by atoms with Gasteiger partial charge in [-0.25, -0.2) is 4.98 Å². The number of aliphatic hydroxyl groups is 1. The summed E-state index contributed by atoms with van der Waals surface area (Å²) in [7, 11) is 0. The summed E-state index contributed by atoms with van der Waals surface area (Å²) in [5.74, 6) is 1.02. The van der Waals surface area contributed by atoms with Crippen LogP contribution in [-0.4, -0.2) is 44.0 Å². The largest absolute Gasteiger partial charge is 0.768 e. The highest BCUT2D eigenvalue weighted by Crippen LogP contribution is 2.75. The van der Waals surface area contributed by atoms with Crippen LogP contribution in [0.3, 0.4) is 0 Å². The highest BCUT2D eigenvalue weighted by atomic mass is 32.2. The molecule has 1 aliphatic heterocycles. The van der Waals surface area contributed by atoms with Crippen LogP contribution in [0, 0.1) is 11.3 Å².